The maximum atomic E-state index is 13.4. The number of hydrogen-bond acceptors (Lipinski definition) is 11. The summed E-state index contributed by atoms with van der Waals surface area (Å²) >= 11 is 0. The molecule has 1 heterocycles. The first-order valence-electron chi connectivity index (χ1n) is 18.8. The number of aromatic nitrogens is 1. The van der Waals surface area contributed by atoms with Gasteiger partial charge >= 0.3 is 17.9 Å². The Morgan fingerprint density at radius 1 is 0.689 bits per heavy atom. The monoisotopic (exact) mass is 872 g/mol. The van der Waals surface area contributed by atoms with E-state index >= 15 is 0 Å². The number of sulfonamides is 1. The molecule has 2 aromatic carbocycles. The van der Waals surface area contributed by atoms with E-state index in [0.717, 1.165) is 12.0 Å². The molecule has 0 bridgehead atoms. The van der Waals surface area contributed by atoms with Crippen molar-refractivity contribution in [2.75, 3.05) is 13.1 Å². The molecule has 0 aliphatic heterocycles. The smallest absolute Gasteiger partial charge is 0.305 e. The molecule has 0 radical (unpaired) electrons. The lowest BCUT2D eigenvalue weighted by Gasteiger charge is -2.22. The number of rotatable bonds is 26. The summed E-state index contributed by atoms with van der Waals surface area (Å²) in [5.41, 5.74) is 7.49. The van der Waals surface area contributed by atoms with Crippen LogP contribution in [-0.2, 0) is 66.0 Å². The number of carbonyl (C=O) groups excluding carboxylic acids is 6. The van der Waals surface area contributed by atoms with Gasteiger partial charge in [-0.05, 0) is 48.6 Å². The molecule has 12 N–H and O–H groups in total. The van der Waals surface area contributed by atoms with Crippen molar-refractivity contribution in [3.63, 3.8) is 0 Å². The average Bonchev–Trinajstić information content (AvgIpc) is 3.60. The predicted molar refractivity (Wildman–Crippen MR) is 214 cm³/mol. The highest BCUT2D eigenvalue weighted by atomic mass is 32.2. The highest BCUT2D eigenvalue weighted by Crippen LogP contribution is 2.19. The Hall–Kier alpha value is -6.88. The molecular weight excluding hydrogens is 825 g/mol. The number of amides is 6. The summed E-state index contributed by atoms with van der Waals surface area (Å²) in [5.74, 6) is -10.4. The minimum Gasteiger partial charge on any atom is -0.481 e. The number of aliphatic carboxylic acids is 3. The molecular formula is C38H48N8O14S. The van der Waals surface area contributed by atoms with Gasteiger partial charge in [-0.2, -0.15) is 4.72 Å². The third-order valence-corrected chi connectivity index (χ3v) is 10.5. The first kappa shape index (κ1) is 48.5. The van der Waals surface area contributed by atoms with E-state index in [9.17, 15) is 61.8 Å². The van der Waals surface area contributed by atoms with Gasteiger partial charge in [-0.3, -0.25) is 43.2 Å². The number of para-hydroxylation sites is 1. The van der Waals surface area contributed by atoms with Gasteiger partial charge in [-0.15, -0.1) is 0 Å². The largest absolute Gasteiger partial charge is 0.481 e. The lowest BCUT2D eigenvalue weighted by molar-refractivity contribution is -0.140. The van der Waals surface area contributed by atoms with Crippen molar-refractivity contribution in [3.05, 3.63) is 65.9 Å². The molecule has 3 rings (SSSR count). The Morgan fingerprint density at radius 3 is 1.89 bits per heavy atom. The Bertz CT molecular complexity index is 2210. The number of H-pyrrole nitrogens is 1. The molecule has 23 heteroatoms. The topological polar surface area (TPSA) is 362 Å². The Morgan fingerprint density at radius 2 is 1.28 bits per heavy atom. The number of nitrogens with two attached hydrogens (primary N) is 1. The number of nitrogens with one attached hydrogen (secondary N) is 7. The van der Waals surface area contributed by atoms with Gasteiger partial charge in [-0.1, -0.05) is 43.7 Å². The van der Waals surface area contributed by atoms with Gasteiger partial charge in [0.05, 0.1) is 24.4 Å². The van der Waals surface area contributed by atoms with Gasteiger partial charge in [0.2, 0.25) is 45.5 Å². The fourth-order valence-corrected chi connectivity index (χ4v) is 7.08. The van der Waals surface area contributed by atoms with E-state index in [0.29, 0.717) is 22.9 Å². The molecule has 22 nitrogen and oxygen atoms in total. The molecule has 6 amide bonds. The van der Waals surface area contributed by atoms with E-state index in [2.05, 4.69) is 31.6 Å². The second-order valence-corrected chi connectivity index (χ2v) is 15.4. The Labute approximate surface area is 348 Å². The number of hydrogen-bond donors (Lipinski definition) is 11. The quantitative estimate of drug-likeness (QED) is 0.0432. The summed E-state index contributed by atoms with van der Waals surface area (Å²) in [6, 6.07) is 6.29. The van der Waals surface area contributed by atoms with Gasteiger partial charge in [0.25, 0.3) is 0 Å². The number of benzene rings is 2. The van der Waals surface area contributed by atoms with Crippen LogP contribution in [0.3, 0.4) is 0 Å². The van der Waals surface area contributed by atoms with E-state index in [1.54, 1.807) is 42.6 Å². The van der Waals surface area contributed by atoms with Crippen molar-refractivity contribution in [2.45, 2.75) is 87.4 Å². The fourth-order valence-electron chi connectivity index (χ4n) is 5.88. The summed E-state index contributed by atoms with van der Waals surface area (Å²) in [4.78, 5) is 114. The van der Waals surface area contributed by atoms with E-state index in [1.165, 1.54) is 12.1 Å². The Kier molecular flexibility index (Phi) is 18.3. The average molecular weight is 873 g/mol. The number of fused-ring (bicyclic) bond motifs is 1. The molecule has 0 spiro atoms. The summed E-state index contributed by atoms with van der Waals surface area (Å²) in [7, 11) is -4.46. The van der Waals surface area contributed by atoms with Crippen LogP contribution in [0.2, 0.25) is 0 Å². The minimum absolute atomic E-state index is 0.125. The number of aryl methyl sites for hydroxylation is 1. The Balaban J connectivity index is 1.66. The normalized spacial score (nSPS) is 13.1. The maximum Gasteiger partial charge on any atom is 0.305 e. The van der Waals surface area contributed by atoms with Crippen LogP contribution in [-0.4, -0.2) is 119 Å². The van der Waals surface area contributed by atoms with Crippen LogP contribution in [0.25, 0.3) is 10.9 Å². The number of aromatic amines is 1. The van der Waals surface area contributed by atoms with Crippen LogP contribution < -0.4 is 37.0 Å². The molecule has 330 valence electrons. The van der Waals surface area contributed by atoms with Gasteiger partial charge < -0.3 is 52.6 Å². The van der Waals surface area contributed by atoms with Crippen LogP contribution in [0, 0.1) is 0 Å². The zero-order valence-electron chi connectivity index (χ0n) is 32.9. The number of primary amides is 1. The van der Waals surface area contributed by atoms with Gasteiger partial charge in [-0.25, -0.2) is 8.42 Å². The molecule has 1 aromatic heterocycles. The van der Waals surface area contributed by atoms with Crippen LogP contribution in [0.5, 0.6) is 0 Å². The number of carbonyl (C=O) groups is 9. The molecule has 0 unspecified atom stereocenters. The summed E-state index contributed by atoms with van der Waals surface area (Å²) in [6.07, 6.45) is -0.191. The van der Waals surface area contributed by atoms with Gasteiger partial charge in [0, 0.05) is 36.4 Å². The third kappa shape index (κ3) is 16.0. The van der Waals surface area contributed by atoms with E-state index < -0.39 is 126 Å². The molecule has 61 heavy (non-hydrogen) atoms. The molecule has 3 aromatic rings. The van der Waals surface area contributed by atoms with Crippen LogP contribution in [0.1, 0.15) is 56.6 Å². The van der Waals surface area contributed by atoms with Gasteiger partial charge in [0.15, 0.2) is 0 Å². The van der Waals surface area contributed by atoms with Crippen molar-refractivity contribution in [3.8, 4) is 0 Å². The second kappa shape index (κ2) is 23.1. The van der Waals surface area contributed by atoms with E-state index in [-0.39, 0.29) is 17.7 Å². The lowest BCUT2D eigenvalue weighted by Crippen LogP contribution is -2.56. The SMILES string of the molecule is CCCc1ccc(S(=O)(=O)N[C@H](CC(=O)O)C(=O)N[C@@H](CCC(=O)O)C(=O)NCC(=O)NCC(=O)N[C@@H](Cc2c[nH]c3ccccc23)C(=O)N[C@@H](CCC(=O)O)C(N)=O)cc1. The predicted octanol–water partition coefficient (Wildman–Crippen LogP) is -1.61. The van der Waals surface area contributed by atoms with Crippen LogP contribution in [0.15, 0.2) is 59.6 Å². The summed E-state index contributed by atoms with van der Waals surface area (Å²) < 4.78 is 28.1. The molecule has 0 aliphatic carbocycles. The molecule has 0 aliphatic rings. The van der Waals surface area contributed by atoms with Gasteiger partial charge in [0.1, 0.15) is 24.2 Å². The first-order chi connectivity index (χ1) is 28.8. The van der Waals surface area contributed by atoms with E-state index in [4.69, 9.17) is 10.8 Å². The summed E-state index contributed by atoms with van der Waals surface area (Å²) in [5, 5.41) is 39.7. The lowest BCUT2D eigenvalue weighted by atomic mass is 10.0. The maximum absolute atomic E-state index is 13.4. The van der Waals surface area contributed by atoms with Crippen molar-refractivity contribution < 1.29 is 66.9 Å². The minimum atomic E-state index is -4.46. The molecule has 0 fully saturated rings. The van der Waals surface area contributed by atoms with Crippen molar-refractivity contribution >= 4 is 74.3 Å². The van der Waals surface area contributed by atoms with Crippen molar-refractivity contribution in [1.29, 1.82) is 0 Å². The van der Waals surface area contributed by atoms with E-state index in [1.807, 2.05) is 11.6 Å². The van der Waals surface area contributed by atoms with Crippen LogP contribution >= 0.6 is 0 Å². The first-order valence-corrected chi connectivity index (χ1v) is 20.3. The fraction of sp³-hybridized carbons (Fsp3) is 0.395. The van der Waals surface area contributed by atoms with Crippen molar-refractivity contribution in [2.24, 2.45) is 5.73 Å². The highest BCUT2D eigenvalue weighted by molar-refractivity contribution is 7.89. The standard InChI is InChI=1S/C38H48N8O14S/c1-2-5-21-8-10-23(11-9-21)61(59,60)46-29(17-34(53)54)38(58)45-27(13-15-33(51)52)36(56)42-19-30(47)41-20-31(48)43-28(16-22-18-40-25-7-4-3-6-24(22)25)37(57)44-26(35(39)55)12-14-32(49)50/h3-4,6-11,18,26-29,40,46H,2,5,12-17,19-20H2,1H3,(H2,39,55)(H,41,47)(H,42,56)(H,43,48)(H,44,57)(H,45,58)(H,49,50)(H,51,52)(H,53,54)/t26-,27-,28-,29+/m0/s1. The third-order valence-electron chi connectivity index (χ3n) is 8.97. The number of carboxylic acid groups (broad SMARTS) is 3. The highest BCUT2D eigenvalue weighted by Gasteiger charge is 2.32. The second-order valence-electron chi connectivity index (χ2n) is 13.7. The molecule has 4 atom stereocenters. The molecule has 0 saturated carbocycles. The zero-order chi connectivity index (χ0) is 45.3. The summed E-state index contributed by atoms with van der Waals surface area (Å²) in [6.45, 7) is 0.356. The number of carboxylic acids is 3. The molecule has 0 saturated heterocycles. The zero-order valence-corrected chi connectivity index (χ0v) is 33.7. The van der Waals surface area contributed by atoms with Crippen molar-refractivity contribution in [1.82, 2.24) is 36.3 Å². The van der Waals surface area contributed by atoms with Crippen LogP contribution in [0.4, 0.5) is 0 Å².